The van der Waals surface area contributed by atoms with Gasteiger partial charge < -0.3 is 14.4 Å². The van der Waals surface area contributed by atoms with E-state index in [2.05, 4.69) is 0 Å². The maximum atomic E-state index is 12.1. The van der Waals surface area contributed by atoms with Gasteiger partial charge in [-0.25, -0.2) is 4.79 Å². The van der Waals surface area contributed by atoms with Crippen molar-refractivity contribution in [3.05, 3.63) is 40.2 Å². The lowest BCUT2D eigenvalue weighted by atomic mass is 10.1. The number of fused-ring (bicyclic) bond motifs is 1. The summed E-state index contributed by atoms with van der Waals surface area (Å²) in [6.07, 6.45) is 0.746. The molecular weight excluding hydrogens is 258 g/mol. The predicted molar refractivity (Wildman–Crippen MR) is 76.7 cm³/mol. The van der Waals surface area contributed by atoms with Gasteiger partial charge in [0, 0.05) is 17.5 Å². The van der Waals surface area contributed by atoms with Crippen LogP contribution in [0.2, 0.25) is 0 Å². The van der Waals surface area contributed by atoms with Gasteiger partial charge in [-0.1, -0.05) is 13.0 Å². The minimum Gasteiger partial charge on any atom is -0.495 e. The van der Waals surface area contributed by atoms with Crippen LogP contribution in [-0.2, 0) is 0 Å². The summed E-state index contributed by atoms with van der Waals surface area (Å²) >= 11 is 0. The lowest BCUT2D eigenvalue weighted by molar-refractivity contribution is 0.0682. The summed E-state index contributed by atoms with van der Waals surface area (Å²) in [7, 11) is 1.51. The number of rotatable bonds is 4. The van der Waals surface area contributed by atoms with Gasteiger partial charge in [-0.05, 0) is 25.5 Å². The molecule has 0 bridgehead atoms. The second-order valence-electron chi connectivity index (χ2n) is 4.68. The van der Waals surface area contributed by atoms with E-state index in [9.17, 15) is 14.7 Å². The zero-order valence-corrected chi connectivity index (χ0v) is 11.7. The van der Waals surface area contributed by atoms with Crippen molar-refractivity contribution < 1.29 is 14.6 Å². The van der Waals surface area contributed by atoms with E-state index in [4.69, 9.17) is 4.74 Å². The SMILES string of the molecule is CCC(C)n1c(C(=O)O)cc(=O)c2cccc(OC)c21. The summed E-state index contributed by atoms with van der Waals surface area (Å²) in [5, 5.41) is 9.82. The van der Waals surface area contributed by atoms with Crippen LogP contribution < -0.4 is 10.2 Å². The molecule has 0 amide bonds. The first-order valence-electron chi connectivity index (χ1n) is 6.46. The predicted octanol–water partition coefficient (Wildman–Crippen LogP) is 2.68. The van der Waals surface area contributed by atoms with Gasteiger partial charge in [0.2, 0.25) is 0 Å². The topological polar surface area (TPSA) is 68.5 Å². The molecule has 1 heterocycles. The molecule has 0 fully saturated rings. The Hall–Kier alpha value is -2.30. The summed E-state index contributed by atoms with van der Waals surface area (Å²) < 4.78 is 6.96. The summed E-state index contributed by atoms with van der Waals surface area (Å²) in [6.45, 7) is 3.89. The third-order valence-corrected chi connectivity index (χ3v) is 3.50. The molecule has 0 saturated heterocycles. The van der Waals surface area contributed by atoms with Crippen molar-refractivity contribution in [3.8, 4) is 5.75 Å². The van der Waals surface area contributed by atoms with Crippen molar-refractivity contribution in [1.29, 1.82) is 0 Å². The Morgan fingerprint density at radius 1 is 1.45 bits per heavy atom. The second kappa shape index (κ2) is 5.36. The summed E-state index contributed by atoms with van der Waals surface area (Å²) in [5.74, 6) is -0.613. The van der Waals surface area contributed by atoms with Gasteiger partial charge >= 0.3 is 5.97 Å². The first-order valence-corrected chi connectivity index (χ1v) is 6.46. The number of benzene rings is 1. The lowest BCUT2D eigenvalue weighted by Crippen LogP contribution is -2.21. The van der Waals surface area contributed by atoms with Gasteiger partial charge in [0.1, 0.15) is 11.4 Å². The number of para-hydroxylation sites is 1. The molecule has 0 spiro atoms. The minimum absolute atomic E-state index is 0.0126. The van der Waals surface area contributed by atoms with Gasteiger partial charge in [-0.3, -0.25) is 4.79 Å². The molecule has 2 aromatic rings. The number of methoxy groups -OCH3 is 1. The molecule has 106 valence electrons. The molecule has 1 atom stereocenters. The van der Waals surface area contributed by atoms with E-state index >= 15 is 0 Å². The second-order valence-corrected chi connectivity index (χ2v) is 4.68. The van der Waals surface area contributed by atoms with E-state index in [0.717, 1.165) is 6.42 Å². The average Bonchev–Trinajstić information content (AvgIpc) is 2.45. The third kappa shape index (κ3) is 2.15. The standard InChI is InChI=1S/C15H17NO4/c1-4-9(2)16-11(15(18)19)8-12(17)10-6-5-7-13(20-3)14(10)16/h5-9H,4H2,1-3H3,(H,18,19). The van der Waals surface area contributed by atoms with Crippen LogP contribution in [-0.4, -0.2) is 22.8 Å². The maximum Gasteiger partial charge on any atom is 0.352 e. The van der Waals surface area contributed by atoms with E-state index in [1.54, 1.807) is 22.8 Å². The number of carboxylic acids is 1. The zero-order chi connectivity index (χ0) is 14.9. The van der Waals surface area contributed by atoms with Crippen LogP contribution in [0.1, 0.15) is 36.8 Å². The van der Waals surface area contributed by atoms with Gasteiger partial charge in [0.25, 0.3) is 0 Å². The number of carbonyl (C=O) groups is 1. The third-order valence-electron chi connectivity index (χ3n) is 3.50. The molecule has 0 aliphatic heterocycles. The van der Waals surface area contributed by atoms with Crippen LogP contribution in [0.5, 0.6) is 5.75 Å². The minimum atomic E-state index is -1.12. The molecule has 5 nitrogen and oxygen atoms in total. The van der Waals surface area contributed by atoms with Crippen LogP contribution in [0, 0.1) is 0 Å². The van der Waals surface area contributed by atoms with Gasteiger partial charge in [-0.2, -0.15) is 0 Å². The molecule has 0 saturated carbocycles. The van der Waals surface area contributed by atoms with Gasteiger partial charge in [0.05, 0.1) is 12.6 Å². The molecule has 5 heteroatoms. The fraction of sp³-hybridized carbons (Fsp3) is 0.333. The Kier molecular flexibility index (Phi) is 3.79. The van der Waals surface area contributed by atoms with E-state index in [1.165, 1.54) is 13.2 Å². The number of pyridine rings is 1. The number of carboxylic acid groups (broad SMARTS) is 1. The van der Waals surface area contributed by atoms with Crippen LogP contribution in [0.4, 0.5) is 0 Å². The van der Waals surface area contributed by atoms with Crippen molar-refractivity contribution in [2.45, 2.75) is 26.3 Å². The highest BCUT2D eigenvalue weighted by Crippen LogP contribution is 2.28. The maximum absolute atomic E-state index is 12.1. The molecule has 0 aliphatic rings. The molecule has 1 aromatic heterocycles. The van der Waals surface area contributed by atoms with Crippen LogP contribution in [0.25, 0.3) is 10.9 Å². The van der Waals surface area contributed by atoms with Gasteiger partial charge in [0.15, 0.2) is 5.43 Å². The highest BCUT2D eigenvalue weighted by molar-refractivity contribution is 5.92. The molecule has 0 radical (unpaired) electrons. The number of aromatic carboxylic acids is 1. The number of aromatic nitrogens is 1. The molecular formula is C15H17NO4. The summed E-state index contributed by atoms with van der Waals surface area (Å²) in [4.78, 5) is 23.5. The molecule has 1 N–H and O–H groups in total. The molecule has 20 heavy (non-hydrogen) atoms. The number of hydrogen-bond donors (Lipinski definition) is 1. The Bertz CT molecular complexity index is 718. The largest absolute Gasteiger partial charge is 0.495 e. The monoisotopic (exact) mass is 275 g/mol. The summed E-state index contributed by atoms with van der Waals surface area (Å²) in [5.41, 5.74) is 0.214. The van der Waals surface area contributed by atoms with E-state index in [0.29, 0.717) is 16.7 Å². The van der Waals surface area contributed by atoms with Gasteiger partial charge in [-0.15, -0.1) is 0 Å². The van der Waals surface area contributed by atoms with E-state index < -0.39 is 5.97 Å². The van der Waals surface area contributed by atoms with Crippen LogP contribution >= 0.6 is 0 Å². The average molecular weight is 275 g/mol. The number of hydrogen-bond acceptors (Lipinski definition) is 3. The van der Waals surface area contributed by atoms with E-state index in [-0.39, 0.29) is 17.2 Å². The van der Waals surface area contributed by atoms with Crippen molar-refractivity contribution in [2.24, 2.45) is 0 Å². The normalized spacial score (nSPS) is 12.3. The van der Waals surface area contributed by atoms with Crippen molar-refractivity contribution in [3.63, 3.8) is 0 Å². The number of ether oxygens (including phenoxy) is 1. The first kappa shape index (κ1) is 14.1. The van der Waals surface area contributed by atoms with Crippen molar-refractivity contribution >= 4 is 16.9 Å². The molecule has 1 unspecified atom stereocenters. The zero-order valence-electron chi connectivity index (χ0n) is 11.7. The quantitative estimate of drug-likeness (QED) is 0.931. The fourth-order valence-electron chi connectivity index (χ4n) is 2.33. The van der Waals surface area contributed by atoms with Crippen molar-refractivity contribution in [1.82, 2.24) is 4.57 Å². The van der Waals surface area contributed by atoms with Crippen molar-refractivity contribution in [2.75, 3.05) is 7.11 Å². The molecule has 0 aliphatic carbocycles. The molecule has 2 rings (SSSR count). The highest BCUT2D eigenvalue weighted by atomic mass is 16.5. The first-order chi connectivity index (χ1) is 9.51. The highest BCUT2D eigenvalue weighted by Gasteiger charge is 2.20. The Morgan fingerprint density at radius 2 is 2.15 bits per heavy atom. The Labute approximate surface area is 116 Å². The summed E-state index contributed by atoms with van der Waals surface area (Å²) in [6, 6.07) is 6.26. The smallest absolute Gasteiger partial charge is 0.352 e. The van der Waals surface area contributed by atoms with Crippen LogP contribution in [0.15, 0.2) is 29.1 Å². The van der Waals surface area contributed by atoms with E-state index in [1.807, 2.05) is 13.8 Å². The Balaban J connectivity index is 3.02. The van der Waals surface area contributed by atoms with Crippen LogP contribution in [0.3, 0.4) is 0 Å². The fourth-order valence-corrected chi connectivity index (χ4v) is 2.33. The number of nitrogens with zero attached hydrogens (tertiary/aromatic N) is 1. The Morgan fingerprint density at radius 3 is 2.70 bits per heavy atom. The lowest BCUT2D eigenvalue weighted by Gasteiger charge is -2.21. The molecule has 1 aromatic carbocycles.